The number of anilines is 1. The lowest BCUT2D eigenvalue weighted by Gasteiger charge is -2.27. The molecule has 7 heteroatoms. The van der Waals surface area contributed by atoms with Gasteiger partial charge in [-0.05, 0) is 30.2 Å². The van der Waals surface area contributed by atoms with E-state index in [-0.39, 0.29) is 5.56 Å². The summed E-state index contributed by atoms with van der Waals surface area (Å²) in [6, 6.07) is 15.1. The van der Waals surface area contributed by atoms with E-state index >= 15 is 0 Å². The van der Waals surface area contributed by atoms with E-state index in [4.69, 9.17) is 5.21 Å². The van der Waals surface area contributed by atoms with Crippen LogP contribution in [0.4, 0.5) is 5.95 Å². The smallest absolute Gasteiger partial charge is 0.277 e. The lowest BCUT2D eigenvalue weighted by Crippen LogP contribution is -2.31. The summed E-state index contributed by atoms with van der Waals surface area (Å²) in [5.41, 5.74) is 9.09. The van der Waals surface area contributed by atoms with Gasteiger partial charge in [0.15, 0.2) is 0 Å². The van der Waals surface area contributed by atoms with E-state index < -0.39 is 5.91 Å². The molecule has 150 valence electrons. The van der Waals surface area contributed by atoms with Gasteiger partial charge in [-0.3, -0.25) is 10.0 Å². The van der Waals surface area contributed by atoms with Gasteiger partial charge in [0.05, 0.1) is 5.56 Å². The molecule has 5 rings (SSSR count). The molecule has 0 unspecified atom stereocenters. The first kappa shape index (κ1) is 18.3. The van der Waals surface area contributed by atoms with Crippen molar-refractivity contribution in [2.24, 2.45) is 0 Å². The van der Waals surface area contributed by atoms with Gasteiger partial charge in [-0.1, -0.05) is 35.9 Å². The predicted octanol–water partition coefficient (Wildman–Crippen LogP) is 3.62. The van der Waals surface area contributed by atoms with Crippen LogP contribution in [0.25, 0.3) is 22.0 Å². The van der Waals surface area contributed by atoms with Gasteiger partial charge < -0.3 is 9.88 Å². The fraction of sp³-hybridized carbons (Fsp3) is 0.174. The molecule has 30 heavy (non-hydrogen) atoms. The zero-order chi connectivity index (χ0) is 20.7. The molecule has 0 spiro atoms. The highest BCUT2D eigenvalue weighted by Gasteiger charge is 2.23. The minimum atomic E-state index is -0.622. The highest BCUT2D eigenvalue weighted by Crippen LogP contribution is 2.32. The molecule has 4 aromatic rings. The van der Waals surface area contributed by atoms with E-state index in [2.05, 4.69) is 69.2 Å². The molecule has 7 nitrogen and oxygen atoms in total. The van der Waals surface area contributed by atoms with Crippen molar-refractivity contribution < 1.29 is 10.0 Å². The molecule has 2 aromatic heterocycles. The molecular formula is C23H21N5O2. The molecule has 0 aliphatic carbocycles. The Morgan fingerprint density at radius 1 is 1.10 bits per heavy atom. The maximum atomic E-state index is 11.5. The summed E-state index contributed by atoms with van der Waals surface area (Å²) in [6.45, 7) is 3.57. The molecule has 0 atom stereocenters. The van der Waals surface area contributed by atoms with Crippen molar-refractivity contribution in [1.29, 1.82) is 0 Å². The monoisotopic (exact) mass is 399 g/mol. The Morgan fingerprint density at radius 3 is 2.57 bits per heavy atom. The summed E-state index contributed by atoms with van der Waals surface area (Å²) < 4.78 is 0. The predicted molar refractivity (Wildman–Crippen MR) is 115 cm³/mol. The van der Waals surface area contributed by atoms with Crippen LogP contribution in [0, 0.1) is 6.92 Å². The van der Waals surface area contributed by atoms with Gasteiger partial charge >= 0.3 is 0 Å². The summed E-state index contributed by atoms with van der Waals surface area (Å²) in [4.78, 5) is 25.8. The molecule has 1 amide bonds. The number of nitrogens with zero attached hydrogens (tertiary/aromatic N) is 3. The zero-order valence-corrected chi connectivity index (χ0v) is 16.5. The van der Waals surface area contributed by atoms with Crippen molar-refractivity contribution in [2.45, 2.75) is 19.9 Å². The maximum absolute atomic E-state index is 11.5. The van der Waals surface area contributed by atoms with Gasteiger partial charge in [0.25, 0.3) is 5.91 Å². The first-order valence-corrected chi connectivity index (χ1v) is 9.84. The highest BCUT2D eigenvalue weighted by atomic mass is 16.5. The van der Waals surface area contributed by atoms with Crippen molar-refractivity contribution in [2.75, 3.05) is 11.4 Å². The van der Waals surface area contributed by atoms with Crippen molar-refractivity contribution >= 4 is 22.8 Å². The van der Waals surface area contributed by atoms with Gasteiger partial charge in [0.2, 0.25) is 5.95 Å². The van der Waals surface area contributed by atoms with E-state index in [0.29, 0.717) is 12.5 Å². The topological polar surface area (TPSA) is 94.1 Å². The molecule has 1 aliphatic heterocycles. The minimum Gasteiger partial charge on any atom is -0.358 e. The van der Waals surface area contributed by atoms with Crippen LogP contribution in [0.1, 0.15) is 27.2 Å². The number of aromatic amines is 1. The zero-order valence-electron chi connectivity index (χ0n) is 16.5. The maximum Gasteiger partial charge on any atom is 0.277 e. The van der Waals surface area contributed by atoms with Crippen LogP contribution in [-0.2, 0) is 13.0 Å². The molecule has 3 N–H and O–H groups in total. The second kappa shape index (κ2) is 7.27. The van der Waals surface area contributed by atoms with Gasteiger partial charge in [-0.15, -0.1) is 0 Å². The van der Waals surface area contributed by atoms with Crippen LogP contribution in [-0.4, -0.2) is 32.6 Å². The van der Waals surface area contributed by atoms with E-state index in [1.807, 2.05) is 0 Å². The lowest BCUT2D eigenvalue weighted by atomic mass is 9.99. The first-order valence-electron chi connectivity index (χ1n) is 9.84. The summed E-state index contributed by atoms with van der Waals surface area (Å²) in [7, 11) is 0. The lowest BCUT2D eigenvalue weighted by molar-refractivity contribution is 0.0705. The number of hydrogen-bond donors (Lipinski definition) is 3. The van der Waals surface area contributed by atoms with Crippen LogP contribution in [0.2, 0.25) is 0 Å². The van der Waals surface area contributed by atoms with Crippen molar-refractivity contribution in [3.8, 4) is 11.1 Å². The SMILES string of the molecule is Cc1ccc(-c2ccc3[nH]c4c(c3c2)CN(c2ncc(C(=O)NO)cn2)CC4)cc1. The number of nitrogens with one attached hydrogen (secondary N) is 2. The third-order valence-corrected chi connectivity index (χ3v) is 5.64. The molecule has 3 heterocycles. The third-order valence-electron chi connectivity index (χ3n) is 5.64. The van der Waals surface area contributed by atoms with E-state index in [1.54, 1.807) is 5.48 Å². The quantitative estimate of drug-likeness (QED) is 0.361. The first-order chi connectivity index (χ1) is 14.6. The van der Waals surface area contributed by atoms with E-state index in [9.17, 15) is 4.79 Å². The Morgan fingerprint density at radius 2 is 1.83 bits per heavy atom. The average Bonchev–Trinajstić information content (AvgIpc) is 3.16. The number of fused-ring (bicyclic) bond motifs is 3. The molecule has 0 radical (unpaired) electrons. The Balaban J connectivity index is 1.47. The number of aryl methyl sites for hydroxylation is 1. The van der Waals surface area contributed by atoms with Crippen LogP contribution in [0.15, 0.2) is 54.9 Å². The summed E-state index contributed by atoms with van der Waals surface area (Å²) in [5.74, 6) is -0.0538. The standard InChI is InChI=1S/C23H21N5O2/c1-14-2-4-15(5-3-14)16-6-7-20-18(10-16)19-13-28(9-8-21(19)26-20)23-24-11-17(12-25-23)22(29)27-30/h2-7,10-12,26,30H,8-9,13H2,1H3,(H,27,29). The van der Waals surface area contributed by atoms with Gasteiger partial charge in [-0.2, -0.15) is 0 Å². The number of carbonyl (C=O) groups excluding carboxylic acids is 1. The summed E-state index contributed by atoms with van der Waals surface area (Å²) >= 11 is 0. The normalized spacial score (nSPS) is 13.3. The minimum absolute atomic E-state index is 0.216. The van der Waals surface area contributed by atoms with Crippen LogP contribution >= 0.6 is 0 Å². The Labute approximate surface area is 173 Å². The summed E-state index contributed by atoms with van der Waals surface area (Å²) in [5, 5.41) is 9.95. The molecule has 0 bridgehead atoms. The van der Waals surface area contributed by atoms with Crippen LogP contribution in [0.5, 0.6) is 0 Å². The number of carbonyl (C=O) groups is 1. The van der Waals surface area contributed by atoms with E-state index in [1.165, 1.54) is 45.7 Å². The number of hydroxylamine groups is 1. The van der Waals surface area contributed by atoms with Crippen molar-refractivity contribution in [1.82, 2.24) is 20.4 Å². The fourth-order valence-electron chi connectivity index (χ4n) is 3.98. The molecule has 0 fully saturated rings. The Bertz CT molecular complexity index is 1230. The number of H-pyrrole nitrogens is 1. The fourth-order valence-corrected chi connectivity index (χ4v) is 3.98. The average molecular weight is 399 g/mol. The number of hydrogen-bond acceptors (Lipinski definition) is 5. The van der Waals surface area contributed by atoms with Gasteiger partial charge in [0, 0.05) is 54.1 Å². The van der Waals surface area contributed by atoms with Crippen molar-refractivity contribution in [3.05, 3.63) is 77.2 Å². The number of benzene rings is 2. The molecule has 1 aliphatic rings. The Kier molecular flexibility index (Phi) is 4.44. The van der Waals surface area contributed by atoms with Gasteiger partial charge in [0.1, 0.15) is 0 Å². The van der Waals surface area contributed by atoms with Gasteiger partial charge in [-0.25, -0.2) is 15.4 Å². The molecule has 0 saturated heterocycles. The van der Waals surface area contributed by atoms with Crippen LogP contribution < -0.4 is 10.4 Å². The third kappa shape index (κ3) is 3.19. The number of rotatable bonds is 3. The Hall–Kier alpha value is -3.71. The second-order valence-corrected chi connectivity index (χ2v) is 7.59. The molecule has 2 aromatic carbocycles. The van der Waals surface area contributed by atoms with E-state index in [0.717, 1.165) is 18.5 Å². The number of amides is 1. The summed E-state index contributed by atoms with van der Waals surface area (Å²) in [6.07, 6.45) is 3.72. The largest absolute Gasteiger partial charge is 0.358 e. The second-order valence-electron chi connectivity index (χ2n) is 7.59. The molecule has 0 saturated carbocycles. The highest BCUT2D eigenvalue weighted by molar-refractivity contribution is 5.92. The number of aromatic nitrogens is 3. The molecular weight excluding hydrogens is 378 g/mol. The van der Waals surface area contributed by atoms with Crippen LogP contribution in [0.3, 0.4) is 0 Å². The van der Waals surface area contributed by atoms with Crippen molar-refractivity contribution in [3.63, 3.8) is 0 Å².